The Morgan fingerprint density at radius 2 is 2.21 bits per heavy atom. The van der Waals surface area contributed by atoms with Crippen LogP contribution in [0.15, 0.2) is 12.3 Å². The summed E-state index contributed by atoms with van der Waals surface area (Å²) >= 11 is 0. The fourth-order valence-corrected chi connectivity index (χ4v) is 4.00. The number of carbonyl (C=O) groups is 2. The van der Waals surface area contributed by atoms with Gasteiger partial charge in [-0.2, -0.15) is 5.10 Å². The average molecular weight is 332 g/mol. The van der Waals surface area contributed by atoms with Gasteiger partial charge in [0, 0.05) is 50.6 Å². The molecule has 7 heteroatoms. The third-order valence-corrected chi connectivity index (χ3v) is 5.76. The molecule has 4 rings (SSSR count). The van der Waals surface area contributed by atoms with E-state index in [4.69, 9.17) is 4.74 Å². The van der Waals surface area contributed by atoms with Gasteiger partial charge in [0.2, 0.25) is 5.91 Å². The van der Waals surface area contributed by atoms with Gasteiger partial charge in [0.1, 0.15) is 5.69 Å². The Balaban J connectivity index is 1.32. The summed E-state index contributed by atoms with van der Waals surface area (Å²) in [6.45, 7) is 4.83. The number of rotatable bonds is 4. The number of hydrogen-bond donors (Lipinski definition) is 1. The van der Waals surface area contributed by atoms with E-state index in [-0.39, 0.29) is 29.8 Å². The van der Waals surface area contributed by atoms with Gasteiger partial charge >= 0.3 is 0 Å². The zero-order valence-electron chi connectivity index (χ0n) is 14.1. The van der Waals surface area contributed by atoms with Crippen LogP contribution in [-0.4, -0.2) is 58.8 Å². The molecule has 1 aromatic heterocycles. The molecule has 7 nitrogen and oxygen atoms in total. The molecular weight excluding hydrogens is 308 g/mol. The molecule has 0 radical (unpaired) electrons. The second-order valence-electron chi connectivity index (χ2n) is 7.41. The number of nitrogens with zero attached hydrogens (tertiary/aromatic N) is 3. The molecule has 1 saturated carbocycles. The van der Waals surface area contributed by atoms with Gasteiger partial charge in [0.05, 0.1) is 12.7 Å². The summed E-state index contributed by atoms with van der Waals surface area (Å²) in [5.41, 5.74) is 0.552. The molecule has 3 aliphatic rings. The molecule has 1 aliphatic carbocycles. The minimum absolute atomic E-state index is 0.115. The standard InChI is InChI=1S/C17H24N4O3/c1-10-5-12(10)17(23)21-7-13-11(9-24-15(13)8-21)6-18-16(22)14-3-4-19-20(14)2/h3-4,10-13,15H,5-9H2,1-2H3,(H,18,22)/t10-,11-,12+,13-,15-/m1/s1. The van der Waals surface area contributed by atoms with Gasteiger partial charge < -0.3 is 15.0 Å². The average Bonchev–Trinajstić information content (AvgIpc) is 2.94. The van der Waals surface area contributed by atoms with Crippen LogP contribution in [0.25, 0.3) is 0 Å². The van der Waals surface area contributed by atoms with E-state index >= 15 is 0 Å². The van der Waals surface area contributed by atoms with E-state index in [2.05, 4.69) is 17.3 Å². The SMILES string of the molecule is C[C@@H]1C[C@@H]1C(=O)N1C[C@@H]2[C@H](CNC(=O)c3ccnn3C)CO[C@@H]2C1. The molecule has 0 bridgehead atoms. The molecule has 24 heavy (non-hydrogen) atoms. The van der Waals surface area contributed by atoms with E-state index in [0.29, 0.717) is 37.2 Å². The van der Waals surface area contributed by atoms with Crippen molar-refractivity contribution in [2.24, 2.45) is 30.7 Å². The number of aromatic nitrogens is 2. The lowest BCUT2D eigenvalue weighted by molar-refractivity contribution is -0.132. The van der Waals surface area contributed by atoms with Crippen molar-refractivity contribution in [1.29, 1.82) is 0 Å². The summed E-state index contributed by atoms with van der Waals surface area (Å²) < 4.78 is 7.45. The van der Waals surface area contributed by atoms with Crippen LogP contribution < -0.4 is 5.32 Å². The van der Waals surface area contributed by atoms with E-state index in [9.17, 15) is 9.59 Å². The van der Waals surface area contributed by atoms with Crippen LogP contribution in [0.1, 0.15) is 23.8 Å². The molecule has 1 aromatic rings. The largest absolute Gasteiger partial charge is 0.376 e. The Morgan fingerprint density at radius 3 is 2.88 bits per heavy atom. The highest BCUT2D eigenvalue weighted by molar-refractivity contribution is 5.92. The van der Waals surface area contributed by atoms with Crippen molar-refractivity contribution in [1.82, 2.24) is 20.0 Å². The smallest absolute Gasteiger partial charge is 0.269 e. The fraction of sp³-hybridized carbons (Fsp3) is 0.706. The van der Waals surface area contributed by atoms with Gasteiger partial charge in [0.15, 0.2) is 0 Å². The van der Waals surface area contributed by atoms with Crippen molar-refractivity contribution in [2.45, 2.75) is 19.4 Å². The first-order valence-corrected chi connectivity index (χ1v) is 8.71. The topological polar surface area (TPSA) is 76.5 Å². The maximum absolute atomic E-state index is 12.4. The Kier molecular flexibility index (Phi) is 3.83. The molecule has 2 saturated heterocycles. The van der Waals surface area contributed by atoms with Gasteiger partial charge in [-0.3, -0.25) is 14.3 Å². The predicted octanol–water partition coefficient (Wildman–Crippen LogP) is 0.279. The van der Waals surface area contributed by atoms with Crippen molar-refractivity contribution >= 4 is 11.8 Å². The van der Waals surface area contributed by atoms with E-state index in [0.717, 1.165) is 13.0 Å². The molecule has 130 valence electrons. The van der Waals surface area contributed by atoms with Crippen LogP contribution >= 0.6 is 0 Å². The normalized spacial score (nSPS) is 34.2. The summed E-state index contributed by atoms with van der Waals surface area (Å²) in [7, 11) is 1.75. The van der Waals surface area contributed by atoms with E-state index in [1.807, 2.05) is 4.90 Å². The molecule has 0 spiro atoms. The van der Waals surface area contributed by atoms with Crippen molar-refractivity contribution in [3.8, 4) is 0 Å². The molecular formula is C17H24N4O3. The van der Waals surface area contributed by atoms with Crippen LogP contribution in [-0.2, 0) is 16.6 Å². The Bertz CT molecular complexity index is 658. The van der Waals surface area contributed by atoms with Crippen molar-refractivity contribution < 1.29 is 14.3 Å². The Morgan fingerprint density at radius 1 is 1.42 bits per heavy atom. The van der Waals surface area contributed by atoms with Crippen molar-refractivity contribution in [2.75, 3.05) is 26.2 Å². The highest BCUT2D eigenvalue weighted by Crippen LogP contribution is 2.41. The first-order chi connectivity index (χ1) is 11.5. The summed E-state index contributed by atoms with van der Waals surface area (Å²) in [6.07, 6.45) is 2.76. The molecule has 2 amide bonds. The first kappa shape index (κ1) is 15.6. The maximum Gasteiger partial charge on any atom is 0.269 e. The third-order valence-electron chi connectivity index (χ3n) is 5.76. The summed E-state index contributed by atoms with van der Waals surface area (Å²) in [5, 5.41) is 7.00. The van der Waals surface area contributed by atoms with Crippen molar-refractivity contribution in [3.05, 3.63) is 18.0 Å². The number of ether oxygens (including phenoxy) is 1. The minimum atomic E-state index is -0.115. The lowest BCUT2D eigenvalue weighted by Gasteiger charge is -2.20. The summed E-state index contributed by atoms with van der Waals surface area (Å²) in [6, 6.07) is 1.70. The molecule has 0 aromatic carbocycles. The lowest BCUT2D eigenvalue weighted by Crippen LogP contribution is -2.36. The van der Waals surface area contributed by atoms with E-state index < -0.39 is 0 Å². The van der Waals surface area contributed by atoms with Gasteiger partial charge in [-0.15, -0.1) is 0 Å². The number of likely N-dealkylation sites (tertiary alicyclic amines) is 1. The molecule has 3 fully saturated rings. The Hall–Kier alpha value is -1.89. The zero-order valence-corrected chi connectivity index (χ0v) is 14.1. The second kappa shape index (κ2) is 5.88. The van der Waals surface area contributed by atoms with Crippen LogP contribution in [0, 0.1) is 23.7 Å². The minimum Gasteiger partial charge on any atom is -0.376 e. The van der Waals surface area contributed by atoms with Gasteiger partial charge in [-0.1, -0.05) is 6.92 Å². The highest BCUT2D eigenvalue weighted by Gasteiger charge is 2.49. The quantitative estimate of drug-likeness (QED) is 0.859. The third kappa shape index (κ3) is 2.70. The predicted molar refractivity (Wildman–Crippen MR) is 86.1 cm³/mol. The van der Waals surface area contributed by atoms with Crippen LogP contribution in [0.4, 0.5) is 0 Å². The van der Waals surface area contributed by atoms with Crippen molar-refractivity contribution in [3.63, 3.8) is 0 Å². The van der Waals surface area contributed by atoms with Crippen LogP contribution in [0.2, 0.25) is 0 Å². The molecule has 1 N–H and O–H groups in total. The molecule has 2 aliphatic heterocycles. The number of fused-ring (bicyclic) bond motifs is 1. The van der Waals surface area contributed by atoms with E-state index in [1.54, 1.807) is 24.0 Å². The maximum atomic E-state index is 12.4. The second-order valence-corrected chi connectivity index (χ2v) is 7.41. The number of hydrogen-bond acceptors (Lipinski definition) is 4. The number of carbonyl (C=O) groups excluding carboxylic acids is 2. The number of aryl methyl sites for hydroxylation is 1. The molecule has 0 unspecified atom stereocenters. The van der Waals surface area contributed by atoms with Crippen LogP contribution in [0.3, 0.4) is 0 Å². The zero-order chi connectivity index (χ0) is 16.8. The highest BCUT2D eigenvalue weighted by atomic mass is 16.5. The summed E-state index contributed by atoms with van der Waals surface area (Å²) in [5.74, 6) is 1.53. The monoisotopic (exact) mass is 332 g/mol. The first-order valence-electron chi connectivity index (χ1n) is 8.71. The van der Waals surface area contributed by atoms with E-state index in [1.165, 1.54) is 0 Å². The number of nitrogens with one attached hydrogen (secondary N) is 1. The summed E-state index contributed by atoms with van der Waals surface area (Å²) in [4.78, 5) is 26.6. The van der Waals surface area contributed by atoms with Gasteiger partial charge in [-0.25, -0.2) is 0 Å². The molecule has 3 heterocycles. The fourth-order valence-electron chi connectivity index (χ4n) is 4.00. The lowest BCUT2D eigenvalue weighted by atomic mass is 9.93. The molecule has 5 atom stereocenters. The Labute approximate surface area is 141 Å². The van der Waals surface area contributed by atoms with Gasteiger partial charge in [-0.05, 0) is 18.4 Å². The number of amides is 2. The van der Waals surface area contributed by atoms with Gasteiger partial charge in [0.25, 0.3) is 5.91 Å². The van der Waals surface area contributed by atoms with Crippen LogP contribution in [0.5, 0.6) is 0 Å².